The lowest BCUT2D eigenvalue weighted by Gasteiger charge is -2.53. The second-order valence-corrected chi connectivity index (χ2v) is 5.34. The average molecular weight is 198 g/mol. The monoisotopic (exact) mass is 198 g/mol. The molecule has 4 heteroatoms. The van der Waals surface area contributed by atoms with Crippen molar-refractivity contribution in [3.8, 4) is 6.26 Å². The van der Waals surface area contributed by atoms with Gasteiger partial charge < -0.3 is 15.0 Å². The van der Waals surface area contributed by atoms with Gasteiger partial charge in [-0.2, -0.15) is 5.26 Å². The topological polar surface area (TPSA) is 60.5 Å². The summed E-state index contributed by atoms with van der Waals surface area (Å²) in [6.07, 6.45) is 2.89. The van der Waals surface area contributed by atoms with Gasteiger partial charge in [0.15, 0.2) is 0 Å². The van der Waals surface area contributed by atoms with Gasteiger partial charge in [0, 0.05) is 12.8 Å². The Hall–Kier alpha value is -0.790. The van der Waals surface area contributed by atoms with E-state index < -0.39 is 0 Å². The molecule has 0 atom stereocenters. The van der Waals surface area contributed by atoms with Crippen LogP contribution in [0.1, 0.15) is 40.5 Å². The first-order valence-electron chi connectivity index (χ1n) is 4.89. The quantitative estimate of drug-likeness (QED) is 0.495. The van der Waals surface area contributed by atoms with E-state index in [1.807, 2.05) is 27.7 Å². The highest BCUT2D eigenvalue weighted by Gasteiger charge is 2.46. The predicted molar refractivity (Wildman–Crippen MR) is 52.2 cm³/mol. The Balaban J connectivity index is 2.81. The van der Waals surface area contributed by atoms with Gasteiger partial charge in [0.1, 0.15) is 6.10 Å². The second kappa shape index (κ2) is 3.41. The fourth-order valence-corrected chi connectivity index (χ4v) is 2.47. The van der Waals surface area contributed by atoms with Crippen LogP contribution in [0.2, 0.25) is 0 Å². The molecule has 0 spiro atoms. The summed E-state index contributed by atoms with van der Waals surface area (Å²) in [5.41, 5.74) is -0.744. The highest BCUT2D eigenvalue weighted by molar-refractivity contribution is 4.88. The van der Waals surface area contributed by atoms with E-state index in [1.54, 1.807) is 6.26 Å². The van der Waals surface area contributed by atoms with Crippen molar-refractivity contribution in [2.24, 2.45) is 0 Å². The van der Waals surface area contributed by atoms with Crippen molar-refractivity contribution in [2.75, 3.05) is 0 Å². The fraction of sp³-hybridized carbons (Fsp3) is 0.900. The summed E-state index contributed by atoms with van der Waals surface area (Å²) in [5.74, 6) is 0. The molecule has 4 nitrogen and oxygen atoms in total. The normalized spacial score (nSPS) is 34.6. The maximum Gasteiger partial charge on any atom is 0.286 e. The van der Waals surface area contributed by atoms with Crippen molar-refractivity contribution >= 4 is 0 Å². The fourth-order valence-electron chi connectivity index (χ4n) is 2.47. The Bertz CT molecular complexity index is 237. The zero-order valence-electron chi connectivity index (χ0n) is 9.26. The molecule has 0 aromatic rings. The van der Waals surface area contributed by atoms with Gasteiger partial charge in [-0.1, -0.05) is 0 Å². The molecule has 80 valence electrons. The summed E-state index contributed by atoms with van der Waals surface area (Å²) in [6.45, 7) is 7.68. The minimum Gasteiger partial charge on any atom is -0.634 e. The Morgan fingerprint density at radius 3 is 2.07 bits per heavy atom. The molecule has 0 bridgehead atoms. The van der Waals surface area contributed by atoms with Gasteiger partial charge in [-0.25, -0.2) is 0 Å². The number of nitrogens with zero attached hydrogens (tertiary/aromatic N) is 1. The van der Waals surface area contributed by atoms with Gasteiger partial charge in [0.05, 0.1) is 11.1 Å². The van der Waals surface area contributed by atoms with Crippen LogP contribution in [0.15, 0.2) is 0 Å². The molecule has 0 aliphatic carbocycles. The first-order chi connectivity index (χ1) is 6.29. The number of hydrogen-bond acceptors (Lipinski definition) is 3. The molecule has 0 aromatic heterocycles. The van der Waals surface area contributed by atoms with Crippen LogP contribution in [0.4, 0.5) is 0 Å². The summed E-state index contributed by atoms with van der Waals surface area (Å²) in [5, 5.41) is 20.7. The van der Waals surface area contributed by atoms with Crippen LogP contribution >= 0.6 is 0 Å². The van der Waals surface area contributed by atoms with Crippen molar-refractivity contribution in [1.29, 1.82) is 5.26 Å². The summed E-state index contributed by atoms with van der Waals surface area (Å²) in [6, 6.07) is 0. The lowest BCUT2D eigenvalue weighted by atomic mass is 9.80. The first kappa shape index (κ1) is 11.3. The third kappa shape index (κ3) is 1.99. The van der Waals surface area contributed by atoms with E-state index in [-0.39, 0.29) is 22.2 Å². The Morgan fingerprint density at radius 1 is 1.29 bits per heavy atom. The molecule has 1 aliphatic rings. The van der Waals surface area contributed by atoms with Gasteiger partial charge in [-0.15, -0.1) is 0 Å². The van der Waals surface area contributed by atoms with Crippen LogP contribution in [0.3, 0.4) is 0 Å². The minimum atomic E-state index is -0.372. The first-order valence-corrected chi connectivity index (χ1v) is 4.89. The zero-order chi connectivity index (χ0) is 11.0. The molecular weight excluding hydrogens is 180 g/mol. The smallest absolute Gasteiger partial charge is 0.286 e. The number of nitriles is 1. The van der Waals surface area contributed by atoms with Crippen molar-refractivity contribution < 1.29 is 9.80 Å². The van der Waals surface area contributed by atoms with Crippen LogP contribution in [-0.4, -0.2) is 17.2 Å². The molecule has 1 aliphatic heterocycles. The number of rotatable bonds is 1. The number of hydroxylamine groups is 2. The molecule has 0 radical (unpaired) electrons. The van der Waals surface area contributed by atoms with E-state index in [4.69, 9.17) is 10.00 Å². The third-order valence-corrected chi connectivity index (χ3v) is 2.92. The molecule has 0 saturated carbocycles. The zero-order valence-corrected chi connectivity index (χ0v) is 9.26. The van der Waals surface area contributed by atoms with Gasteiger partial charge in [-0.3, -0.25) is 0 Å². The van der Waals surface area contributed by atoms with Crippen molar-refractivity contribution in [2.45, 2.75) is 57.7 Å². The van der Waals surface area contributed by atoms with E-state index in [0.29, 0.717) is 12.8 Å². The third-order valence-electron chi connectivity index (χ3n) is 2.92. The summed E-state index contributed by atoms with van der Waals surface area (Å²) < 4.78 is 4.96. The Labute approximate surface area is 85.0 Å². The van der Waals surface area contributed by atoms with Crippen LogP contribution < -0.4 is 5.06 Å². The van der Waals surface area contributed by atoms with Crippen molar-refractivity contribution in [3.63, 3.8) is 0 Å². The minimum absolute atomic E-state index is 0.109. The standard InChI is InChI=1S/C10H18N2O2/c1-9(2)5-8(14-7-11)6-10(3,4)12(9)13/h8,12H,5-6H2,1-4H3. The van der Waals surface area contributed by atoms with Crippen LogP contribution in [0.25, 0.3) is 0 Å². The van der Waals surface area contributed by atoms with Crippen LogP contribution in [0.5, 0.6) is 0 Å². The van der Waals surface area contributed by atoms with E-state index >= 15 is 0 Å². The van der Waals surface area contributed by atoms with E-state index in [9.17, 15) is 5.21 Å². The lowest BCUT2D eigenvalue weighted by Crippen LogP contribution is -3.23. The molecule has 1 fully saturated rings. The number of quaternary nitrogens is 1. The van der Waals surface area contributed by atoms with Gasteiger partial charge in [0.2, 0.25) is 0 Å². The number of hydrogen-bond donors (Lipinski definition) is 1. The molecule has 1 N–H and O–H groups in total. The maximum absolute atomic E-state index is 12.0. The summed E-state index contributed by atoms with van der Waals surface area (Å²) in [4.78, 5) is 0. The highest BCUT2D eigenvalue weighted by atomic mass is 16.5. The van der Waals surface area contributed by atoms with E-state index in [1.165, 1.54) is 0 Å². The number of nitrogens with one attached hydrogen (secondary N) is 1. The van der Waals surface area contributed by atoms with E-state index in [2.05, 4.69) is 0 Å². The van der Waals surface area contributed by atoms with Crippen LogP contribution in [0, 0.1) is 16.7 Å². The molecule has 0 unspecified atom stereocenters. The lowest BCUT2D eigenvalue weighted by molar-refractivity contribution is -0.956. The summed E-state index contributed by atoms with van der Waals surface area (Å²) in [7, 11) is 0. The number of piperidine rings is 1. The molecule has 0 amide bonds. The van der Waals surface area contributed by atoms with Gasteiger partial charge in [0.25, 0.3) is 6.26 Å². The SMILES string of the molecule is CC1(C)CC(OC#N)CC(C)(C)[NH+]1[O-]. The van der Waals surface area contributed by atoms with Crippen LogP contribution in [-0.2, 0) is 4.74 Å². The molecule has 1 heterocycles. The van der Waals surface area contributed by atoms with Crippen molar-refractivity contribution in [3.05, 3.63) is 5.21 Å². The maximum atomic E-state index is 12.0. The van der Waals surface area contributed by atoms with Gasteiger partial charge >= 0.3 is 0 Å². The Kier molecular flexibility index (Phi) is 2.75. The highest BCUT2D eigenvalue weighted by Crippen LogP contribution is 2.25. The number of ether oxygens (including phenoxy) is 1. The molecule has 14 heavy (non-hydrogen) atoms. The largest absolute Gasteiger partial charge is 0.634 e. The molecule has 1 rings (SSSR count). The Morgan fingerprint density at radius 2 is 1.71 bits per heavy atom. The summed E-state index contributed by atoms with van der Waals surface area (Å²) >= 11 is 0. The average Bonchev–Trinajstić information content (AvgIpc) is 1.99. The molecule has 0 aromatic carbocycles. The predicted octanol–water partition coefficient (Wildman–Crippen LogP) is 0.586. The second-order valence-electron chi connectivity index (χ2n) is 5.34. The molecule has 1 saturated heterocycles. The van der Waals surface area contributed by atoms with Gasteiger partial charge in [-0.05, 0) is 27.7 Å². The van der Waals surface area contributed by atoms with Crippen molar-refractivity contribution in [1.82, 2.24) is 0 Å². The van der Waals surface area contributed by atoms with E-state index in [0.717, 1.165) is 0 Å². The molecular formula is C10H18N2O2.